The lowest BCUT2D eigenvalue weighted by Crippen LogP contribution is -2.36. The van der Waals surface area contributed by atoms with Crippen molar-refractivity contribution in [2.45, 2.75) is 25.9 Å². The standard InChI is InChI=1S/C18H26N2O4/c1-4-20(13-17(21)23-3)18(22)14-5-7-15(8-6-14)24-16-9-11-19(2)12-10-16/h5-8,16H,4,9-13H2,1-3H3. The van der Waals surface area contributed by atoms with Gasteiger partial charge in [-0.25, -0.2) is 0 Å². The van der Waals surface area contributed by atoms with Gasteiger partial charge in [0.15, 0.2) is 0 Å². The quantitative estimate of drug-likeness (QED) is 0.743. The lowest BCUT2D eigenvalue weighted by Gasteiger charge is -2.29. The van der Waals surface area contributed by atoms with E-state index in [1.807, 2.05) is 19.1 Å². The lowest BCUT2D eigenvalue weighted by molar-refractivity contribution is -0.141. The highest BCUT2D eigenvalue weighted by atomic mass is 16.5. The van der Waals surface area contributed by atoms with Gasteiger partial charge in [-0.1, -0.05) is 0 Å². The first-order valence-electron chi connectivity index (χ1n) is 8.34. The molecule has 0 N–H and O–H groups in total. The number of benzene rings is 1. The molecular formula is C18H26N2O4. The van der Waals surface area contributed by atoms with Crippen LogP contribution in [0.1, 0.15) is 30.1 Å². The maximum absolute atomic E-state index is 12.4. The van der Waals surface area contributed by atoms with Crippen LogP contribution in [0.2, 0.25) is 0 Å². The summed E-state index contributed by atoms with van der Waals surface area (Å²) in [5.74, 6) is 0.165. The van der Waals surface area contributed by atoms with Crippen LogP contribution >= 0.6 is 0 Å². The number of rotatable bonds is 6. The third-order valence-corrected chi connectivity index (χ3v) is 4.29. The van der Waals surface area contributed by atoms with Gasteiger partial charge < -0.3 is 19.3 Å². The minimum Gasteiger partial charge on any atom is -0.490 e. The number of nitrogens with zero attached hydrogens (tertiary/aromatic N) is 2. The highest BCUT2D eigenvalue weighted by Gasteiger charge is 2.19. The second kappa shape index (κ2) is 8.68. The van der Waals surface area contributed by atoms with Gasteiger partial charge in [0.05, 0.1) is 7.11 Å². The Balaban J connectivity index is 1.95. The van der Waals surface area contributed by atoms with E-state index in [4.69, 9.17) is 4.74 Å². The summed E-state index contributed by atoms with van der Waals surface area (Å²) in [5, 5.41) is 0. The van der Waals surface area contributed by atoms with E-state index >= 15 is 0 Å². The normalized spacial score (nSPS) is 15.8. The number of likely N-dealkylation sites (N-methyl/N-ethyl adjacent to an activating group) is 1. The Labute approximate surface area is 143 Å². The first-order valence-corrected chi connectivity index (χ1v) is 8.34. The number of likely N-dealkylation sites (tertiary alicyclic amines) is 1. The molecule has 0 radical (unpaired) electrons. The fraction of sp³-hybridized carbons (Fsp3) is 0.556. The van der Waals surface area contributed by atoms with Crippen molar-refractivity contribution in [2.75, 3.05) is 40.3 Å². The first kappa shape index (κ1) is 18.3. The Morgan fingerprint density at radius 3 is 2.38 bits per heavy atom. The molecule has 0 aliphatic carbocycles. The van der Waals surface area contributed by atoms with E-state index in [0.717, 1.165) is 31.7 Å². The van der Waals surface area contributed by atoms with Crippen molar-refractivity contribution < 1.29 is 19.1 Å². The van der Waals surface area contributed by atoms with Crippen LogP contribution in [0.5, 0.6) is 5.75 Å². The van der Waals surface area contributed by atoms with Crippen LogP contribution in [0.25, 0.3) is 0 Å². The summed E-state index contributed by atoms with van der Waals surface area (Å²) < 4.78 is 10.6. The van der Waals surface area contributed by atoms with Crippen molar-refractivity contribution >= 4 is 11.9 Å². The fourth-order valence-electron chi connectivity index (χ4n) is 2.70. The average molecular weight is 334 g/mol. The Morgan fingerprint density at radius 1 is 1.21 bits per heavy atom. The summed E-state index contributed by atoms with van der Waals surface area (Å²) in [6, 6.07) is 7.12. The molecule has 0 atom stereocenters. The molecule has 1 saturated heterocycles. The molecule has 24 heavy (non-hydrogen) atoms. The summed E-state index contributed by atoms with van der Waals surface area (Å²) in [6.07, 6.45) is 2.26. The number of ether oxygens (including phenoxy) is 2. The minimum absolute atomic E-state index is 0.0420. The number of carbonyl (C=O) groups excluding carboxylic acids is 2. The number of amides is 1. The molecule has 1 aromatic carbocycles. The summed E-state index contributed by atoms with van der Waals surface area (Å²) in [4.78, 5) is 27.6. The van der Waals surface area contributed by atoms with E-state index in [1.54, 1.807) is 12.1 Å². The Morgan fingerprint density at radius 2 is 1.83 bits per heavy atom. The number of carbonyl (C=O) groups is 2. The van der Waals surface area contributed by atoms with Gasteiger partial charge in [-0.2, -0.15) is 0 Å². The van der Waals surface area contributed by atoms with Crippen LogP contribution in [-0.4, -0.2) is 68.1 Å². The molecule has 0 unspecified atom stereocenters. The van der Waals surface area contributed by atoms with E-state index in [1.165, 1.54) is 12.0 Å². The zero-order valence-corrected chi connectivity index (χ0v) is 14.7. The van der Waals surface area contributed by atoms with Crippen LogP contribution in [0, 0.1) is 0 Å². The molecule has 132 valence electrons. The largest absolute Gasteiger partial charge is 0.490 e. The number of hydrogen-bond acceptors (Lipinski definition) is 5. The van der Waals surface area contributed by atoms with Gasteiger partial charge in [-0.3, -0.25) is 9.59 Å². The molecule has 6 nitrogen and oxygen atoms in total. The monoisotopic (exact) mass is 334 g/mol. The number of esters is 1. The number of methoxy groups -OCH3 is 1. The predicted molar refractivity (Wildman–Crippen MR) is 91.2 cm³/mol. The molecular weight excluding hydrogens is 308 g/mol. The zero-order chi connectivity index (χ0) is 17.5. The van der Waals surface area contributed by atoms with Gasteiger partial charge in [0.2, 0.25) is 0 Å². The van der Waals surface area contributed by atoms with E-state index in [-0.39, 0.29) is 18.6 Å². The average Bonchev–Trinajstić information content (AvgIpc) is 2.61. The summed E-state index contributed by atoms with van der Waals surface area (Å²) in [7, 11) is 3.43. The van der Waals surface area contributed by atoms with Gasteiger partial charge in [0.25, 0.3) is 5.91 Å². The molecule has 2 rings (SSSR count). The van der Waals surface area contributed by atoms with Gasteiger partial charge in [0, 0.05) is 25.2 Å². The fourth-order valence-corrected chi connectivity index (χ4v) is 2.70. The van der Waals surface area contributed by atoms with Crippen LogP contribution in [0.4, 0.5) is 0 Å². The minimum atomic E-state index is -0.424. The van der Waals surface area contributed by atoms with Gasteiger partial charge in [0.1, 0.15) is 18.4 Å². The molecule has 0 aromatic heterocycles. The SMILES string of the molecule is CCN(CC(=O)OC)C(=O)c1ccc(OC2CCN(C)CC2)cc1. The van der Waals surface area contributed by atoms with Gasteiger partial charge in [-0.05, 0) is 51.1 Å². The molecule has 1 aromatic rings. The van der Waals surface area contributed by atoms with E-state index in [9.17, 15) is 9.59 Å². The maximum atomic E-state index is 12.4. The molecule has 1 amide bonds. The van der Waals surface area contributed by atoms with Crippen molar-refractivity contribution in [3.05, 3.63) is 29.8 Å². The molecule has 1 heterocycles. The summed E-state index contributed by atoms with van der Waals surface area (Å²) >= 11 is 0. The Hall–Kier alpha value is -2.08. The maximum Gasteiger partial charge on any atom is 0.325 e. The topological polar surface area (TPSA) is 59.1 Å². The Kier molecular flexibility index (Phi) is 6.61. The zero-order valence-electron chi connectivity index (χ0n) is 14.7. The number of piperidine rings is 1. The first-order chi connectivity index (χ1) is 11.5. The van der Waals surface area contributed by atoms with Crippen molar-refractivity contribution in [3.63, 3.8) is 0 Å². The van der Waals surface area contributed by atoms with Crippen molar-refractivity contribution in [2.24, 2.45) is 0 Å². The Bertz CT molecular complexity index is 551. The van der Waals surface area contributed by atoms with E-state index in [0.29, 0.717) is 12.1 Å². The third-order valence-electron chi connectivity index (χ3n) is 4.29. The molecule has 1 aliphatic heterocycles. The highest BCUT2D eigenvalue weighted by Crippen LogP contribution is 2.19. The van der Waals surface area contributed by atoms with E-state index in [2.05, 4.69) is 16.7 Å². The van der Waals surface area contributed by atoms with Gasteiger partial charge in [-0.15, -0.1) is 0 Å². The van der Waals surface area contributed by atoms with Crippen LogP contribution in [0.3, 0.4) is 0 Å². The van der Waals surface area contributed by atoms with Crippen LogP contribution in [-0.2, 0) is 9.53 Å². The molecule has 0 bridgehead atoms. The predicted octanol–water partition coefficient (Wildman–Crippen LogP) is 1.79. The summed E-state index contributed by atoms with van der Waals surface area (Å²) in [5.41, 5.74) is 0.538. The molecule has 1 aliphatic rings. The molecule has 0 spiro atoms. The van der Waals surface area contributed by atoms with Crippen LogP contribution in [0.15, 0.2) is 24.3 Å². The summed E-state index contributed by atoms with van der Waals surface area (Å²) in [6.45, 7) is 4.32. The van der Waals surface area contributed by atoms with Crippen LogP contribution < -0.4 is 4.74 Å². The van der Waals surface area contributed by atoms with E-state index < -0.39 is 5.97 Å². The van der Waals surface area contributed by atoms with Crippen molar-refractivity contribution in [1.82, 2.24) is 9.80 Å². The lowest BCUT2D eigenvalue weighted by atomic mass is 10.1. The van der Waals surface area contributed by atoms with Crippen molar-refractivity contribution in [1.29, 1.82) is 0 Å². The van der Waals surface area contributed by atoms with Crippen molar-refractivity contribution in [3.8, 4) is 5.75 Å². The van der Waals surface area contributed by atoms with Gasteiger partial charge >= 0.3 is 5.97 Å². The third kappa shape index (κ3) is 4.96. The smallest absolute Gasteiger partial charge is 0.325 e. The molecule has 6 heteroatoms. The highest BCUT2D eigenvalue weighted by molar-refractivity contribution is 5.96. The number of hydrogen-bond donors (Lipinski definition) is 0. The second-order valence-electron chi connectivity index (χ2n) is 6.04. The molecule has 0 saturated carbocycles. The second-order valence-corrected chi connectivity index (χ2v) is 6.04. The molecule has 1 fully saturated rings.